The Morgan fingerprint density at radius 2 is 1.96 bits per heavy atom. The number of nitrogens with one attached hydrogen (secondary N) is 1. The van der Waals surface area contributed by atoms with Crippen molar-refractivity contribution < 1.29 is 14.3 Å². The summed E-state index contributed by atoms with van der Waals surface area (Å²) in [4.78, 5) is 24.7. The van der Waals surface area contributed by atoms with Gasteiger partial charge in [0, 0.05) is 12.1 Å². The van der Waals surface area contributed by atoms with E-state index in [2.05, 4.69) is 19.2 Å². The molecular formula is C19H31NO3S. The Morgan fingerprint density at radius 3 is 2.62 bits per heavy atom. The summed E-state index contributed by atoms with van der Waals surface area (Å²) in [6, 6.07) is 0. The quantitative estimate of drug-likeness (QED) is 0.532. The molecule has 136 valence electrons. The third kappa shape index (κ3) is 4.56. The zero-order valence-electron chi connectivity index (χ0n) is 15.3. The molecule has 1 spiro atoms. The number of carbonyl (C=O) groups is 2. The van der Waals surface area contributed by atoms with Crippen LogP contribution < -0.4 is 5.32 Å². The third-order valence-corrected chi connectivity index (χ3v) is 6.28. The van der Waals surface area contributed by atoms with Crippen molar-refractivity contribution in [3.63, 3.8) is 0 Å². The van der Waals surface area contributed by atoms with Crippen molar-refractivity contribution in [2.24, 2.45) is 5.92 Å². The first-order valence-corrected chi connectivity index (χ1v) is 10.5. The highest BCUT2D eigenvalue weighted by Crippen LogP contribution is 2.45. The van der Waals surface area contributed by atoms with Crippen LogP contribution in [0.25, 0.3) is 0 Å². The molecule has 1 amide bonds. The lowest BCUT2D eigenvalue weighted by Crippen LogP contribution is -2.42. The molecule has 5 heteroatoms. The summed E-state index contributed by atoms with van der Waals surface area (Å²) in [5, 5.41) is 3.01. The highest BCUT2D eigenvalue weighted by atomic mass is 32.2. The number of carbonyl (C=O) groups excluding carboxylic acids is 2. The van der Waals surface area contributed by atoms with Gasteiger partial charge in [-0.2, -0.15) is 11.8 Å². The molecule has 0 aromatic heterocycles. The highest BCUT2D eigenvalue weighted by Gasteiger charge is 2.50. The number of esters is 1. The molecule has 0 bridgehead atoms. The molecule has 1 saturated carbocycles. The lowest BCUT2D eigenvalue weighted by atomic mass is 9.75. The molecule has 0 radical (unpaired) electrons. The Morgan fingerprint density at radius 1 is 1.29 bits per heavy atom. The molecule has 0 atom stereocenters. The predicted molar refractivity (Wildman–Crippen MR) is 99.0 cm³/mol. The second-order valence-corrected chi connectivity index (χ2v) is 8.37. The van der Waals surface area contributed by atoms with Crippen LogP contribution in [-0.4, -0.2) is 35.5 Å². The molecule has 1 N–H and O–H groups in total. The van der Waals surface area contributed by atoms with Crippen molar-refractivity contribution in [3.8, 4) is 0 Å². The van der Waals surface area contributed by atoms with E-state index in [1.807, 2.05) is 11.8 Å². The number of hydrogen-bond donors (Lipinski definition) is 1. The van der Waals surface area contributed by atoms with Crippen LogP contribution in [0, 0.1) is 5.92 Å². The van der Waals surface area contributed by atoms with Gasteiger partial charge in [0.25, 0.3) is 5.91 Å². The van der Waals surface area contributed by atoms with E-state index in [9.17, 15) is 9.59 Å². The summed E-state index contributed by atoms with van der Waals surface area (Å²) in [5.41, 5.74) is 0.436. The molecule has 0 unspecified atom stereocenters. The standard InChI is InChI=1S/C19H31NO3S/c1-4-5-12-24-13-6-11-20-17(21)16-15(3)18(22)23-19(16)9-7-14(2)8-10-19/h14H,4-13H2,1-3H3,(H,20,21). The molecule has 1 aliphatic carbocycles. The Bertz CT molecular complexity index is 493. The van der Waals surface area contributed by atoms with E-state index in [0.29, 0.717) is 23.6 Å². The Balaban J connectivity index is 1.87. The minimum absolute atomic E-state index is 0.105. The van der Waals surface area contributed by atoms with Gasteiger partial charge in [-0.3, -0.25) is 4.79 Å². The van der Waals surface area contributed by atoms with Crippen LogP contribution in [0.4, 0.5) is 0 Å². The number of unbranched alkanes of at least 4 members (excludes halogenated alkanes) is 1. The minimum atomic E-state index is -0.659. The first-order valence-electron chi connectivity index (χ1n) is 9.31. The normalized spacial score (nSPS) is 26.8. The number of rotatable bonds is 8. The van der Waals surface area contributed by atoms with Gasteiger partial charge in [0.2, 0.25) is 0 Å². The molecule has 2 aliphatic rings. The molecule has 1 heterocycles. The van der Waals surface area contributed by atoms with E-state index in [-0.39, 0.29) is 11.9 Å². The SMILES string of the molecule is CCCCSCCCNC(=O)C1=C(C)C(=O)OC12CCC(C)CC2. The van der Waals surface area contributed by atoms with Gasteiger partial charge in [-0.05, 0) is 62.9 Å². The number of ether oxygens (including phenoxy) is 1. The van der Waals surface area contributed by atoms with Crippen molar-refractivity contribution in [2.45, 2.75) is 71.3 Å². The lowest BCUT2D eigenvalue weighted by molar-refractivity contribution is -0.150. The average molecular weight is 354 g/mol. The van der Waals surface area contributed by atoms with Crippen LogP contribution >= 0.6 is 11.8 Å². The Labute approximate surface area is 150 Å². The zero-order valence-corrected chi connectivity index (χ0v) is 16.1. The summed E-state index contributed by atoms with van der Waals surface area (Å²) in [6.07, 6.45) is 7.00. The van der Waals surface area contributed by atoms with Crippen LogP contribution in [0.5, 0.6) is 0 Å². The molecule has 0 aromatic carbocycles. The lowest BCUT2D eigenvalue weighted by Gasteiger charge is -2.36. The maximum Gasteiger partial charge on any atom is 0.335 e. The average Bonchev–Trinajstić information content (AvgIpc) is 2.80. The maximum atomic E-state index is 12.7. The van der Waals surface area contributed by atoms with Crippen molar-refractivity contribution in [2.75, 3.05) is 18.1 Å². The fourth-order valence-corrected chi connectivity index (χ4v) is 4.56. The van der Waals surface area contributed by atoms with Crippen LogP contribution in [-0.2, 0) is 14.3 Å². The summed E-state index contributed by atoms with van der Waals surface area (Å²) in [7, 11) is 0. The maximum absolute atomic E-state index is 12.7. The van der Waals surface area contributed by atoms with Crippen molar-refractivity contribution in [1.82, 2.24) is 5.32 Å². The molecule has 1 fully saturated rings. The first kappa shape index (κ1) is 19.4. The number of thioether (sulfide) groups is 1. The molecule has 2 rings (SSSR count). The minimum Gasteiger partial charge on any atom is -0.451 e. The monoisotopic (exact) mass is 353 g/mol. The predicted octanol–water partition coefficient (Wildman–Crippen LogP) is 3.85. The second kappa shape index (κ2) is 8.93. The molecule has 1 aliphatic heterocycles. The number of amides is 1. The Hall–Kier alpha value is -0.970. The summed E-state index contributed by atoms with van der Waals surface area (Å²) >= 11 is 1.94. The highest BCUT2D eigenvalue weighted by molar-refractivity contribution is 7.99. The first-order chi connectivity index (χ1) is 11.5. The van der Waals surface area contributed by atoms with Crippen LogP contribution in [0.2, 0.25) is 0 Å². The molecule has 4 nitrogen and oxygen atoms in total. The van der Waals surface area contributed by atoms with Gasteiger partial charge in [-0.25, -0.2) is 4.79 Å². The summed E-state index contributed by atoms with van der Waals surface area (Å²) in [6.45, 7) is 6.81. The summed E-state index contributed by atoms with van der Waals surface area (Å²) in [5.74, 6) is 2.48. The molecule has 0 aromatic rings. The van der Waals surface area contributed by atoms with Crippen LogP contribution in [0.3, 0.4) is 0 Å². The van der Waals surface area contributed by atoms with E-state index in [4.69, 9.17) is 4.74 Å². The van der Waals surface area contributed by atoms with Gasteiger partial charge in [-0.15, -0.1) is 0 Å². The van der Waals surface area contributed by atoms with Crippen LogP contribution in [0.15, 0.2) is 11.1 Å². The van der Waals surface area contributed by atoms with E-state index >= 15 is 0 Å². The molecule has 0 saturated heterocycles. The van der Waals surface area contributed by atoms with Gasteiger partial charge in [0.15, 0.2) is 0 Å². The topological polar surface area (TPSA) is 55.4 Å². The Kier molecular flexibility index (Phi) is 7.20. The van der Waals surface area contributed by atoms with Crippen molar-refractivity contribution in [3.05, 3.63) is 11.1 Å². The zero-order chi connectivity index (χ0) is 17.6. The van der Waals surface area contributed by atoms with E-state index < -0.39 is 5.60 Å². The van der Waals surface area contributed by atoms with Gasteiger partial charge >= 0.3 is 5.97 Å². The largest absolute Gasteiger partial charge is 0.451 e. The van der Waals surface area contributed by atoms with Crippen molar-refractivity contribution >= 4 is 23.6 Å². The van der Waals surface area contributed by atoms with E-state index in [1.54, 1.807) is 6.92 Å². The van der Waals surface area contributed by atoms with Crippen LogP contribution in [0.1, 0.15) is 65.7 Å². The van der Waals surface area contributed by atoms with Crippen molar-refractivity contribution in [1.29, 1.82) is 0 Å². The van der Waals surface area contributed by atoms with Gasteiger partial charge in [0.05, 0.1) is 5.57 Å². The fourth-order valence-electron chi connectivity index (χ4n) is 3.52. The smallest absolute Gasteiger partial charge is 0.335 e. The van der Waals surface area contributed by atoms with E-state index in [1.165, 1.54) is 18.6 Å². The third-order valence-electron chi connectivity index (χ3n) is 5.13. The van der Waals surface area contributed by atoms with Gasteiger partial charge in [-0.1, -0.05) is 20.3 Å². The summed E-state index contributed by atoms with van der Waals surface area (Å²) < 4.78 is 5.68. The van der Waals surface area contributed by atoms with E-state index in [0.717, 1.165) is 37.9 Å². The van der Waals surface area contributed by atoms with Gasteiger partial charge in [0.1, 0.15) is 5.60 Å². The second-order valence-electron chi connectivity index (χ2n) is 7.14. The number of hydrogen-bond acceptors (Lipinski definition) is 4. The fraction of sp³-hybridized carbons (Fsp3) is 0.789. The van der Waals surface area contributed by atoms with Gasteiger partial charge < -0.3 is 10.1 Å². The molecule has 24 heavy (non-hydrogen) atoms. The molecular weight excluding hydrogens is 322 g/mol.